The molecular weight excluding hydrogens is 220 g/mol. The molecule has 0 spiro atoms. The summed E-state index contributed by atoms with van der Waals surface area (Å²) < 4.78 is 0. The molecule has 0 radical (unpaired) electrons. The molecule has 1 rings (SSSR count). The number of nitrogens with one attached hydrogen (secondary N) is 1. The Balaban J connectivity index is 2.78. The average molecular weight is 229 g/mol. The second-order valence-corrected chi connectivity index (χ2v) is 3.23. The molecule has 2 N–H and O–H groups in total. The van der Waals surface area contributed by atoms with Gasteiger partial charge in [0.15, 0.2) is 0 Å². The van der Waals surface area contributed by atoms with Gasteiger partial charge in [-0.25, -0.2) is 4.98 Å². The van der Waals surface area contributed by atoms with Gasteiger partial charge in [0.1, 0.15) is 11.2 Å². The highest BCUT2D eigenvalue weighted by Gasteiger charge is 2.17. The van der Waals surface area contributed by atoms with Crippen LogP contribution in [0.1, 0.15) is 17.3 Å². The van der Waals surface area contributed by atoms with Crippen LogP contribution in [-0.2, 0) is 4.79 Å². The molecule has 0 unspecified atom stereocenters. The molecule has 0 saturated carbocycles. The maximum Gasteiger partial charge on any atom is 0.325 e. The number of aliphatic carboxylic acids is 1. The molecule has 6 heteroatoms. The molecule has 15 heavy (non-hydrogen) atoms. The van der Waals surface area contributed by atoms with Crippen molar-refractivity contribution in [3.8, 4) is 0 Å². The number of amides is 1. The quantitative estimate of drug-likeness (QED) is 0.755. The van der Waals surface area contributed by atoms with E-state index in [0.29, 0.717) is 0 Å². The molecule has 1 heterocycles. The van der Waals surface area contributed by atoms with Crippen molar-refractivity contribution in [1.29, 1.82) is 0 Å². The second kappa shape index (κ2) is 4.75. The molecule has 0 aliphatic carbocycles. The zero-order chi connectivity index (χ0) is 11.4. The van der Waals surface area contributed by atoms with Crippen LogP contribution in [0.4, 0.5) is 0 Å². The first-order chi connectivity index (χ1) is 7.02. The molecule has 1 aromatic rings. The SMILES string of the molecule is C[C@@H](NC(=O)c1cccnc1Cl)C(=O)O. The average Bonchev–Trinajstić information content (AvgIpc) is 2.18. The number of hydrogen-bond acceptors (Lipinski definition) is 3. The van der Waals surface area contributed by atoms with Crippen molar-refractivity contribution in [2.24, 2.45) is 0 Å². The Bertz CT molecular complexity index is 395. The molecule has 5 nitrogen and oxygen atoms in total. The van der Waals surface area contributed by atoms with Gasteiger partial charge in [-0.05, 0) is 19.1 Å². The van der Waals surface area contributed by atoms with Gasteiger partial charge in [0, 0.05) is 6.20 Å². The summed E-state index contributed by atoms with van der Waals surface area (Å²) in [4.78, 5) is 25.7. The topological polar surface area (TPSA) is 79.3 Å². The molecule has 0 aliphatic heterocycles. The number of hydrogen-bond donors (Lipinski definition) is 2. The van der Waals surface area contributed by atoms with Crippen molar-refractivity contribution in [2.45, 2.75) is 13.0 Å². The van der Waals surface area contributed by atoms with Gasteiger partial charge in [0.05, 0.1) is 5.56 Å². The fraction of sp³-hybridized carbons (Fsp3) is 0.222. The zero-order valence-corrected chi connectivity index (χ0v) is 8.65. The van der Waals surface area contributed by atoms with Crippen molar-refractivity contribution in [2.75, 3.05) is 0 Å². The predicted octanol–water partition coefficient (Wildman–Crippen LogP) is 0.938. The van der Waals surface area contributed by atoms with E-state index in [0.717, 1.165) is 0 Å². The highest BCUT2D eigenvalue weighted by Crippen LogP contribution is 2.11. The van der Waals surface area contributed by atoms with E-state index in [2.05, 4.69) is 10.3 Å². The van der Waals surface area contributed by atoms with Gasteiger partial charge >= 0.3 is 5.97 Å². The summed E-state index contributed by atoms with van der Waals surface area (Å²) >= 11 is 5.66. The minimum atomic E-state index is -1.11. The number of aromatic nitrogens is 1. The summed E-state index contributed by atoms with van der Waals surface area (Å²) in [6.07, 6.45) is 1.44. The summed E-state index contributed by atoms with van der Waals surface area (Å²) in [5.41, 5.74) is 0.160. The van der Waals surface area contributed by atoms with Crippen molar-refractivity contribution in [1.82, 2.24) is 10.3 Å². The Morgan fingerprint density at radius 3 is 2.80 bits per heavy atom. The lowest BCUT2D eigenvalue weighted by atomic mass is 10.2. The van der Waals surface area contributed by atoms with E-state index in [9.17, 15) is 9.59 Å². The number of carboxylic acid groups (broad SMARTS) is 1. The highest BCUT2D eigenvalue weighted by molar-refractivity contribution is 6.32. The normalized spacial score (nSPS) is 11.9. The summed E-state index contributed by atoms with van der Waals surface area (Å²) in [7, 11) is 0. The van der Waals surface area contributed by atoms with Crippen molar-refractivity contribution in [3.05, 3.63) is 29.0 Å². The number of rotatable bonds is 3. The van der Waals surface area contributed by atoms with Gasteiger partial charge in [-0.1, -0.05) is 11.6 Å². The fourth-order valence-electron chi connectivity index (χ4n) is 0.892. The van der Waals surface area contributed by atoms with Crippen LogP contribution in [0.3, 0.4) is 0 Å². The van der Waals surface area contributed by atoms with Gasteiger partial charge < -0.3 is 10.4 Å². The van der Waals surface area contributed by atoms with E-state index >= 15 is 0 Å². The van der Waals surface area contributed by atoms with Gasteiger partial charge in [-0.2, -0.15) is 0 Å². The molecular formula is C9H9ClN2O3. The third kappa shape index (κ3) is 2.92. The Morgan fingerprint density at radius 1 is 1.60 bits per heavy atom. The van der Waals surface area contributed by atoms with E-state index in [4.69, 9.17) is 16.7 Å². The first-order valence-corrected chi connectivity index (χ1v) is 4.54. The number of pyridine rings is 1. The Morgan fingerprint density at radius 2 is 2.27 bits per heavy atom. The van der Waals surface area contributed by atoms with Gasteiger partial charge in [0.2, 0.25) is 0 Å². The van der Waals surface area contributed by atoms with Crippen molar-refractivity contribution >= 4 is 23.5 Å². The van der Waals surface area contributed by atoms with Crippen LogP contribution in [0.25, 0.3) is 0 Å². The van der Waals surface area contributed by atoms with E-state index < -0.39 is 17.9 Å². The summed E-state index contributed by atoms with van der Waals surface area (Å²) in [5, 5.41) is 10.9. The zero-order valence-electron chi connectivity index (χ0n) is 7.90. The number of nitrogens with zero attached hydrogens (tertiary/aromatic N) is 1. The summed E-state index contributed by atoms with van der Waals surface area (Å²) in [6.45, 7) is 1.37. The fourth-order valence-corrected chi connectivity index (χ4v) is 1.10. The number of carbonyl (C=O) groups is 2. The summed E-state index contributed by atoms with van der Waals surface area (Å²) in [5.74, 6) is -1.66. The first-order valence-electron chi connectivity index (χ1n) is 4.16. The maximum absolute atomic E-state index is 11.5. The molecule has 0 bridgehead atoms. The van der Waals surface area contributed by atoms with Gasteiger partial charge in [-0.15, -0.1) is 0 Å². The number of carbonyl (C=O) groups excluding carboxylic acids is 1. The van der Waals surface area contributed by atoms with Crippen LogP contribution in [0.5, 0.6) is 0 Å². The predicted molar refractivity (Wildman–Crippen MR) is 53.8 cm³/mol. The van der Waals surface area contributed by atoms with E-state index in [1.165, 1.54) is 19.2 Å². The first kappa shape index (κ1) is 11.5. The third-order valence-corrected chi connectivity index (χ3v) is 2.02. The van der Waals surface area contributed by atoms with Crippen LogP contribution in [0.2, 0.25) is 5.15 Å². The Labute approximate surface area is 91.1 Å². The van der Waals surface area contributed by atoms with E-state index in [-0.39, 0.29) is 10.7 Å². The number of carboxylic acids is 1. The van der Waals surface area contributed by atoms with Gasteiger partial charge in [-0.3, -0.25) is 9.59 Å². The molecule has 0 fully saturated rings. The minimum Gasteiger partial charge on any atom is -0.480 e. The third-order valence-electron chi connectivity index (χ3n) is 1.72. The minimum absolute atomic E-state index is 0.0487. The summed E-state index contributed by atoms with van der Waals surface area (Å²) in [6, 6.07) is 2.06. The molecule has 80 valence electrons. The molecule has 1 aromatic heterocycles. The molecule has 1 atom stereocenters. The van der Waals surface area contributed by atoms with Crippen LogP contribution in [0.15, 0.2) is 18.3 Å². The Hall–Kier alpha value is -1.62. The van der Waals surface area contributed by atoms with Crippen LogP contribution >= 0.6 is 11.6 Å². The molecule has 0 aromatic carbocycles. The van der Waals surface area contributed by atoms with Crippen LogP contribution in [-0.4, -0.2) is 28.0 Å². The Kier molecular flexibility index (Phi) is 3.62. The lowest BCUT2D eigenvalue weighted by molar-refractivity contribution is -0.138. The van der Waals surface area contributed by atoms with Crippen molar-refractivity contribution < 1.29 is 14.7 Å². The van der Waals surface area contributed by atoms with E-state index in [1.807, 2.05) is 0 Å². The second-order valence-electron chi connectivity index (χ2n) is 2.88. The smallest absolute Gasteiger partial charge is 0.325 e. The van der Waals surface area contributed by atoms with Crippen LogP contribution < -0.4 is 5.32 Å². The van der Waals surface area contributed by atoms with Crippen molar-refractivity contribution in [3.63, 3.8) is 0 Å². The largest absolute Gasteiger partial charge is 0.480 e. The van der Waals surface area contributed by atoms with E-state index in [1.54, 1.807) is 6.07 Å². The molecule has 1 amide bonds. The number of halogens is 1. The van der Waals surface area contributed by atoms with Gasteiger partial charge in [0.25, 0.3) is 5.91 Å². The standard InChI is InChI=1S/C9H9ClN2O3/c1-5(9(14)15)12-8(13)6-3-2-4-11-7(6)10/h2-5H,1H3,(H,12,13)(H,14,15)/t5-/m1/s1. The lowest BCUT2D eigenvalue weighted by Gasteiger charge is -2.09. The molecule has 0 saturated heterocycles. The molecule has 0 aliphatic rings. The highest BCUT2D eigenvalue weighted by atomic mass is 35.5. The lowest BCUT2D eigenvalue weighted by Crippen LogP contribution is -2.38. The van der Waals surface area contributed by atoms with Crippen LogP contribution in [0, 0.1) is 0 Å². The maximum atomic E-state index is 11.5. The monoisotopic (exact) mass is 228 g/mol.